The predicted molar refractivity (Wildman–Crippen MR) is 75.2 cm³/mol. The number of piperidine rings is 1. The Kier molecular flexibility index (Phi) is 4.74. The van der Waals surface area contributed by atoms with Gasteiger partial charge in [0.15, 0.2) is 0 Å². The van der Waals surface area contributed by atoms with Crippen LogP contribution in [-0.4, -0.2) is 36.4 Å². The van der Waals surface area contributed by atoms with E-state index in [1.807, 2.05) is 31.2 Å². The third kappa shape index (κ3) is 3.36. The summed E-state index contributed by atoms with van der Waals surface area (Å²) in [5.41, 5.74) is 1.06. The molecule has 1 atom stereocenters. The number of nitrogens with zero attached hydrogens (tertiary/aromatic N) is 1. The number of amides is 2. The number of carbonyl (C=O) groups excluding carboxylic acids is 2. The van der Waals surface area contributed by atoms with E-state index in [9.17, 15) is 9.59 Å². The lowest BCUT2D eigenvalue weighted by atomic mass is 10.0. The number of ether oxygens (including phenoxy) is 1. The minimum atomic E-state index is -0.284. The van der Waals surface area contributed by atoms with Gasteiger partial charge in [0.2, 0.25) is 11.8 Å². The largest absolute Gasteiger partial charge is 0.494 e. The molecule has 1 aromatic rings. The van der Waals surface area contributed by atoms with Crippen molar-refractivity contribution in [2.45, 2.75) is 32.4 Å². The fraction of sp³-hybridized carbons (Fsp3) is 0.467. The summed E-state index contributed by atoms with van der Waals surface area (Å²) in [6.45, 7) is 3.16. The van der Waals surface area contributed by atoms with E-state index in [-0.39, 0.29) is 17.9 Å². The van der Waals surface area contributed by atoms with Crippen LogP contribution in [0.4, 0.5) is 0 Å². The average molecular weight is 276 g/mol. The van der Waals surface area contributed by atoms with Gasteiger partial charge >= 0.3 is 0 Å². The standard InChI is InChI=1S/C15H20N2O3/c1-3-20-12-6-4-5-11(9-12)10-16-13-7-8-14(18)17(2)15(13)19/h4-6,9,13,16H,3,7-8,10H2,1-2H3. The molecule has 5 nitrogen and oxygen atoms in total. The Balaban J connectivity index is 1.93. The third-order valence-corrected chi connectivity index (χ3v) is 3.41. The van der Waals surface area contributed by atoms with Crippen LogP contribution in [-0.2, 0) is 16.1 Å². The monoisotopic (exact) mass is 276 g/mol. The summed E-state index contributed by atoms with van der Waals surface area (Å²) >= 11 is 0. The van der Waals surface area contributed by atoms with E-state index in [0.717, 1.165) is 11.3 Å². The fourth-order valence-electron chi connectivity index (χ4n) is 2.26. The molecule has 1 N–H and O–H groups in total. The van der Waals surface area contributed by atoms with Crippen molar-refractivity contribution in [3.05, 3.63) is 29.8 Å². The molecule has 5 heteroatoms. The summed E-state index contributed by atoms with van der Waals surface area (Å²) in [5, 5.41) is 3.21. The molecule has 1 aromatic carbocycles. The molecule has 1 aliphatic heterocycles. The van der Waals surface area contributed by atoms with Gasteiger partial charge in [-0.15, -0.1) is 0 Å². The molecule has 0 radical (unpaired) electrons. The molecule has 0 aliphatic carbocycles. The van der Waals surface area contributed by atoms with Gasteiger partial charge in [-0.1, -0.05) is 12.1 Å². The molecule has 20 heavy (non-hydrogen) atoms. The average Bonchev–Trinajstić information content (AvgIpc) is 2.45. The number of hydrogen-bond donors (Lipinski definition) is 1. The summed E-state index contributed by atoms with van der Waals surface area (Å²) < 4.78 is 5.44. The zero-order chi connectivity index (χ0) is 14.5. The number of carbonyl (C=O) groups is 2. The minimum Gasteiger partial charge on any atom is -0.494 e. The number of likely N-dealkylation sites (tertiary alicyclic amines) is 1. The van der Waals surface area contributed by atoms with Crippen LogP contribution in [0.25, 0.3) is 0 Å². The first-order valence-corrected chi connectivity index (χ1v) is 6.87. The van der Waals surface area contributed by atoms with Crippen LogP contribution in [0.3, 0.4) is 0 Å². The Hall–Kier alpha value is -1.88. The van der Waals surface area contributed by atoms with Gasteiger partial charge in [0.25, 0.3) is 0 Å². The second-order valence-corrected chi connectivity index (χ2v) is 4.84. The van der Waals surface area contributed by atoms with Gasteiger partial charge in [0, 0.05) is 20.0 Å². The summed E-state index contributed by atoms with van der Waals surface area (Å²) in [6, 6.07) is 7.50. The van der Waals surface area contributed by atoms with E-state index < -0.39 is 0 Å². The van der Waals surface area contributed by atoms with E-state index in [1.54, 1.807) is 0 Å². The van der Waals surface area contributed by atoms with Crippen molar-refractivity contribution in [2.75, 3.05) is 13.7 Å². The maximum atomic E-state index is 11.9. The van der Waals surface area contributed by atoms with Crippen molar-refractivity contribution in [1.29, 1.82) is 0 Å². The number of benzene rings is 1. The third-order valence-electron chi connectivity index (χ3n) is 3.41. The lowest BCUT2D eigenvalue weighted by Gasteiger charge is -2.28. The molecule has 0 bridgehead atoms. The molecule has 0 spiro atoms. The lowest BCUT2D eigenvalue weighted by Crippen LogP contribution is -2.51. The van der Waals surface area contributed by atoms with Gasteiger partial charge in [0.05, 0.1) is 12.6 Å². The highest BCUT2D eigenvalue weighted by Gasteiger charge is 2.31. The minimum absolute atomic E-state index is 0.105. The van der Waals surface area contributed by atoms with Crippen LogP contribution in [0.1, 0.15) is 25.3 Å². The predicted octanol–water partition coefficient (Wildman–Crippen LogP) is 1.32. The van der Waals surface area contributed by atoms with Crippen molar-refractivity contribution >= 4 is 11.8 Å². The zero-order valence-corrected chi connectivity index (χ0v) is 11.9. The first-order chi connectivity index (χ1) is 9.61. The van der Waals surface area contributed by atoms with Crippen molar-refractivity contribution in [3.63, 3.8) is 0 Å². The Labute approximate surface area is 118 Å². The number of imide groups is 1. The van der Waals surface area contributed by atoms with Crippen molar-refractivity contribution in [2.24, 2.45) is 0 Å². The van der Waals surface area contributed by atoms with Gasteiger partial charge in [0.1, 0.15) is 5.75 Å². The fourth-order valence-corrected chi connectivity index (χ4v) is 2.26. The number of nitrogens with one attached hydrogen (secondary N) is 1. The molecule has 2 rings (SSSR count). The van der Waals surface area contributed by atoms with Crippen LogP contribution in [0.5, 0.6) is 5.75 Å². The Bertz CT molecular complexity index is 502. The van der Waals surface area contributed by atoms with Gasteiger partial charge in [-0.2, -0.15) is 0 Å². The Morgan fingerprint density at radius 3 is 2.95 bits per heavy atom. The van der Waals surface area contributed by atoms with Crippen molar-refractivity contribution < 1.29 is 14.3 Å². The van der Waals surface area contributed by atoms with Crippen LogP contribution in [0.2, 0.25) is 0 Å². The van der Waals surface area contributed by atoms with Crippen LogP contribution >= 0.6 is 0 Å². The zero-order valence-electron chi connectivity index (χ0n) is 11.9. The van der Waals surface area contributed by atoms with Crippen molar-refractivity contribution in [3.8, 4) is 5.75 Å². The van der Waals surface area contributed by atoms with E-state index in [1.165, 1.54) is 11.9 Å². The van der Waals surface area contributed by atoms with Crippen LogP contribution < -0.4 is 10.1 Å². The highest BCUT2D eigenvalue weighted by Crippen LogP contribution is 2.15. The molecule has 0 aromatic heterocycles. The molecule has 1 unspecified atom stereocenters. The molecule has 1 saturated heterocycles. The van der Waals surface area contributed by atoms with Gasteiger partial charge < -0.3 is 10.1 Å². The number of rotatable bonds is 5. The first-order valence-electron chi connectivity index (χ1n) is 6.87. The smallest absolute Gasteiger partial charge is 0.246 e. The molecule has 1 heterocycles. The highest BCUT2D eigenvalue weighted by molar-refractivity contribution is 6.00. The SMILES string of the molecule is CCOc1cccc(CNC2CCC(=O)N(C)C2=O)c1. The van der Waals surface area contributed by atoms with Crippen molar-refractivity contribution in [1.82, 2.24) is 10.2 Å². The first kappa shape index (κ1) is 14.5. The van der Waals surface area contributed by atoms with E-state index in [4.69, 9.17) is 4.74 Å². The maximum Gasteiger partial charge on any atom is 0.246 e. The van der Waals surface area contributed by atoms with E-state index in [0.29, 0.717) is 26.0 Å². The summed E-state index contributed by atoms with van der Waals surface area (Å²) in [6.07, 6.45) is 0.978. The highest BCUT2D eigenvalue weighted by atomic mass is 16.5. The van der Waals surface area contributed by atoms with Crippen LogP contribution in [0.15, 0.2) is 24.3 Å². The lowest BCUT2D eigenvalue weighted by molar-refractivity contribution is -0.148. The van der Waals surface area contributed by atoms with Gasteiger partial charge in [-0.3, -0.25) is 14.5 Å². The van der Waals surface area contributed by atoms with Gasteiger partial charge in [-0.05, 0) is 31.0 Å². The molecule has 1 aliphatic rings. The quantitative estimate of drug-likeness (QED) is 0.824. The normalized spacial score (nSPS) is 19.3. The molecule has 2 amide bonds. The number of hydrogen-bond acceptors (Lipinski definition) is 4. The second kappa shape index (κ2) is 6.52. The summed E-state index contributed by atoms with van der Waals surface area (Å²) in [4.78, 5) is 24.6. The molecular formula is C15H20N2O3. The topological polar surface area (TPSA) is 58.6 Å². The van der Waals surface area contributed by atoms with Gasteiger partial charge in [-0.25, -0.2) is 0 Å². The summed E-state index contributed by atoms with van der Waals surface area (Å²) in [7, 11) is 1.54. The van der Waals surface area contributed by atoms with E-state index >= 15 is 0 Å². The molecule has 0 saturated carbocycles. The number of likely N-dealkylation sites (N-methyl/N-ethyl adjacent to an activating group) is 1. The molecular weight excluding hydrogens is 256 g/mol. The Morgan fingerprint density at radius 1 is 1.40 bits per heavy atom. The maximum absolute atomic E-state index is 11.9. The van der Waals surface area contributed by atoms with E-state index in [2.05, 4.69) is 5.32 Å². The Morgan fingerprint density at radius 2 is 2.20 bits per heavy atom. The molecule has 1 fully saturated rings. The van der Waals surface area contributed by atoms with Crippen LogP contribution in [0, 0.1) is 0 Å². The molecule has 108 valence electrons. The summed E-state index contributed by atoms with van der Waals surface area (Å²) in [5.74, 6) is 0.572. The second-order valence-electron chi connectivity index (χ2n) is 4.84.